The number of methoxy groups -OCH3 is 1. The lowest BCUT2D eigenvalue weighted by Crippen LogP contribution is -2.05. The smallest absolute Gasteiger partial charge is 0.305 e. The summed E-state index contributed by atoms with van der Waals surface area (Å²) >= 11 is 5.57. The highest BCUT2D eigenvalue weighted by molar-refractivity contribution is 6.17. The number of halogens is 1. The molecule has 1 aromatic carbocycles. The van der Waals surface area contributed by atoms with E-state index in [1.165, 1.54) is 7.11 Å². The number of carbonyl (C=O) groups is 2. The maximum absolute atomic E-state index is 11.8. The number of alkyl halides is 1. The Morgan fingerprint density at radius 3 is 2.47 bits per heavy atom. The predicted octanol–water partition coefficient (Wildman–Crippen LogP) is 3.46. The van der Waals surface area contributed by atoms with E-state index < -0.39 is 0 Å². The summed E-state index contributed by atoms with van der Waals surface area (Å²) in [5, 5.41) is 0. The zero-order valence-electron chi connectivity index (χ0n) is 10.9. The molecule has 3 nitrogen and oxygen atoms in total. The Labute approximate surface area is 118 Å². The quantitative estimate of drug-likeness (QED) is 0.436. The molecule has 1 aromatic rings. The van der Waals surface area contributed by atoms with Gasteiger partial charge in [0.25, 0.3) is 0 Å². The second kappa shape index (κ2) is 8.48. The molecule has 4 heteroatoms. The van der Waals surface area contributed by atoms with Gasteiger partial charge < -0.3 is 4.74 Å². The summed E-state index contributed by atoms with van der Waals surface area (Å²) in [5.41, 5.74) is 1.63. The predicted molar refractivity (Wildman–Crippen MR) is 76.4 cm³/mol. The molecule has 102 valence electrons. The van der Waals surface area contributed by atoms with E-state index in [1.807, 2.05) is 24.3 Å². The maximum atomic E-state index is 11.8. The van der Waals surface area contributed by atoms with E-state index in [2.05, 4.69) is 4.74 Å². The molecule has 0 heterocycles. The SMILES string of the molecule is COC(=O)CCC(=O)c1ccc(C=CCCCl)cc1. The first-order valence-corrected chi connectivity index (χ1v) is 6.63. The van der Waals surface area contributed by atoms with Crippen molar-refractivity contribution in [3.63, 3.8) is 0 Å². The van der Waals surface area contributed by atoms with Gasteiger partial charge in [0.1, 0.15) is 0 Å². The van der Waals surface area contributed by atoms with E-state index in [0.29, 0.717) is 11.4 Å². The zero-order chi connectivity index (χ0) is 14.1. The van der Waals surface area contributed by atoms with Crippen molar-refractivity contribution in [3.8, 4) is 0 Å². The number of benzene rings is 1. The van der Waals surface area contributed by atoms with Crippen LogP contribution in [0.4, 0.5) is 0 Å². The Morgan fingerprint density at radius 2 is 1.89 bits per heavy atom. The standard InChI is InChI=1S/C15H17ClO3/c1-19-15(18)10-9-14(17)13-7-5-12(6-8-13)4-2-3-11-16/h2,4-8H,3,9-11H2,1H3. The molecule has 0 radical (unpaired) electrons. The molecule has 0 unspecified atom stereocenters. The molecule has 0 amide bonds. The van der Waals surface area contributed by atoms with E-state index in [0.717, 1.165) is 12.0 Å². The van der Waals surface area contributed by atoms with Crippen LogP contribution in [0.15, 0.2) is 30.3 Å². The lowest BCUT2D eigenvalue weighted by Gasteiger charge is -2.01. The fourth-order valence-corrected chi connectivity index (χ4v) is 1.65. The average molecular weight is 281 g/mol. The van der Waals surface area contributed by atoms with Crippen LogP contribution in [0.5, 0.6) is 0 Å². The van der Waals surface area contributed by atoms with Crippen LogP contribution in [0.2, 0.25) is 0 Å². The lowest BCUT2D eigenvalue weighted by molar-refractivity contribution is -0.140. The molecule has 0 aliphatic heterocycles. The van der Waals surface area contributed by atoms with Crippen LogP contribution in [0.25, 0.3) is 6.08 Å². The highest BCUT2D eigenvalue weighted by Gasteiger charge is 2.08. The highest BCUT2D eigenvalue weighted by Crippen LogP contribution is 2.10. The number of ether oxygens (including phenoxy) is 1. The molecule has 0 aromatic heterocycles. The van der Waals surface area contributed by atoms with Crippen molar-refractivity contribution in [2.75, 3.05) is 13.0 Å². The van der Waals surface area contributed by atoms with Gasteiger partial charge in [-0.15, -0.1) is 11.6 Å². The fourth-order valence-electron chi connectivity index (χ4n) is 1.52. The van der Waals surface area contributed by atoms with Gasteiger partial charge in [-0.1, -0.05) is 36.4 Å². The molecule has 19 heavy (non-hydrogen) atoms. The van der Waals surface area contributed by atoms with Crippen molar-refractivity contribution in [2.45, 2.75) is 19.3 Å². The van der Waals surface area contributed by atoms with Crippen molar-refractivity contribution in [1.82, 2.24) is 0 Å². The molecule has 1 rings (SSSR count). The molecular weight excluding hydrogens is 264 g/mol. The first-order chi connectivity index (χ1) is 9.17. The number of Topliss-reactive ketones (excluding diaryl/α,β-unsaturated/α-hetero) is 1. The van der Waals surface area contributed by atoms with Gasteiger partial charge in [0.05, 0.1) is 13.5 Å². The van der Waals surface area contributed by atoms with Crippen molar-refractivity contribution < 1.29 is 14.3 Å². The van der Waals surface area contributed by atoms with Crippen LogP contribution in [-0.4, -0.2) is 24.7 Å². The summed E-state index contributed by atoms with van der Waals surface area (Å²) in [6, 6.07) is 7.27. The topological polar surface area (TPSA) is 43.4 Å². The minimum Gasteiger partial charge on any atom is -0.469 e. The number of esters is 1. The minimum atomic E-state index is -0.367. The Kier molecular flexibility index (Phi) is 6.90. The number of allylic oxidation sites excluding steroid dienone is 1. The van der Waals surface area contributed by atoms with Gasteiger partial charge in [-0.25, -0.2) is 0 Å². The Balaban J connectivity index is 2.55. The summed E-state index contributed by atoms with van der Waals surface area (Å²) in [4.78, 5) is 22.7. The van der Waals surface area contributed by atoms with Crippen LogP contribution in [-0.2, 0) is 9.53 Å². The third-order valence-electron chi connectivity index (χ3n) is 2.60. The third-order valence-corrected chi connectivity index (χ3v) is 2.82. The summed E-state index contributed by atoms with van der Waals surface area (Å²) in [6.45, 7) is 0. The van der Waals surface area contributed by atoms with Crippen LogP contribution >= 0.6 is 11.6 Å². The molecule has 0 bridgehead atoms. The molecule has 0 N–H and O–H groups in total. The normalized spacial score (nSPS) is 10.6. The molecule has 0 atom stereocenters. The second-order valence-electron chi connectivity index (χ2n) is 4.00. The van der Waals surface area contributed by atoms with Gasteiger partial charge in [0.2, 0.25) is 0 Å². The second-order valence-corrected chi connectivity index (χ2v) is 4.38. The maximum Gasteiger partial charge on any atom is 0.305 e. The largest absolute Gasteiger partial charge is 0.469 e. The average Bonchev–Trinajstić information content (AvgIpc) is 2.45. The van der Waals surface area contributed by atoms with Crippen LogP contribution in [0.3, 0.4) is 0 Å². The first kappa shape index (κ1) is 15.4. The van der Waals surface area contributed by atoms with Crippen molar-refractivity contribution >= 4 is 29.4 Å². The number of hydrogen-bond donors (Lipinski definition) is 0. The summed E-state index contributed by atoms with van der Waals surface area (Å²) in [6.07, 6.45) is 5.06. The van der Waals surface area contributed by atoms with Crippen molar-refractivity contribution in [2.24, 2.45) is 0 Å². The van der Waals surface area contributed by atoms with Gasteiger partial charge in [-0.05, 0) is 12.0 Å². The monoisotopic (exact) mass is 280 g/mol. The molecular formula is C15H17ClO3. The molecule has 0 fully saturated rings. The van der Waals surface area contributed by atoms with Crippen molar-refractivity contribution in [3.05, 3.63) is 41.5 Å². The zero-order valence-corrected chi connectivity index (χ0v) is 11.7. The van der Waals surface area contributed by atoms with Gasteiger partial charge in [-0.3, -0.25) is 9.59 Å². The molecule has 0 saturated heterocycles. The van der Waals surface area contributed by atoms with Crippen LogP contribution < -0.4 is 0 Å². The number of carbonyl (C=O) groups excluding carboxylic acids is 2. The minimum absolute atomic E-state index is 0.0540. The summed E-state index contributed by atoms with van der Waals surface area (Å²) in [7, 11) is 1.31. The van der Waals surface area contributed by atoms with E-state index in [9.17, 15) is 9.59 Å². The highest BCUT2D eigenvalue weighted by atomic mass is 35.5. The number of ketones is 1. The lowest BCUT2D eigenvalue weighted by atomic mass is 10.0. The molecule has 0 spiro atoms. The number of rotatable bonds is 7. The van der Waals surface area contributed by atoms with Crippen molar-refractivity contribution in [1.29, 1.82) is 0 Å². The fraction of sp³-hybridized carbons (Fsp3) is 0.333. The Hall–Kier alpha value is -1.61. The summed E-state index contributed by atoms with van der Waals surface area (Å²) in [5.74, 6) is 0.177. The van der Waals surface area contributed by atoms with Gasteiger partial charge in [0.15, 0.2) is 5.78 Å². The van der Waals surface area contributed by atoms with Gasteiger partial charge in [-0.2, -0.15) is 0 Å². The molecule has 0 aliphatic rings. The van der Waals surface area contributed by atoms with E-state index in [4.69, 9.17) is 11.6 Å². The summed E-state index contributed by atoms with van der Waals surface area (Å²) < 4.78 is 4.50. The van der Waals surface area contributed by atoms with E-state index in [-0.39, 0.29) is 24.6 Å². The van der Waals surface area contributed by atoms with Gasteiger partial charge in [0, 0.05) is 17.9 Å². The Bertz CT molecular complexity index is 449. The van der Waals surface area contributed by atoms with Gasteiger partial charge >= 0.3 is 5.97 Å². The van der Waals surface area contributed by atoms with Crippen LogP contribution in [0, 0.1) is 0 Å². The van der Waals surface area contributed by atoms with E-state index >= 15 is 0 Å². The Morgan fingerprint density at radius 1 is 1.21 bits per heavy atom. The molecule has 0 saturated carbocycles. The van der Waals surface area contributed by atoms with Crippen LogP contribution in [0.1, 0.15) is 35.2 Å². The van der Waals surface area contributed by atoms with E-state index in [1.54, 1.807) is 12.1 Å². The molecule has 0 aliphatic carbocycles. The first-order valence-electron chi connectivity index (χ1n) is 6.10. The number of hydrogen-bond acceptors (Lipinski definition) is 3. The third kappa shape index (κ3) is 5.71.